The number of ether oxygens (including phenoxy) is 1. The molecule has 6 nitrogen and oxygen atoms in total. The highest BCUT2D eigenvalue weighted by Gasteiger charge is 2.20. The van der Waals surface area contributed by atoms with Gasteiger partial charge in [-0.2, -0.15) is 0 Å². The molecule has 1 unspecified atom stereocenters. The summed E-state index contributed by atoms with van der Waals surface area (Å²) in [6.45, 7) is 5.98. The fourth-order valence-corrected chi connectivity index (χ4v) is 4.68. The van der Waals surface area contributed by atoms with Crippen molar-refractivity contribution in [3.63, 3.8) is 0 Å². The van der Waals surface area contributed by atoms with Crippen LogP contribution in [-0.4, -0.2) is 21.4 Å². The number of rotatable bonds is 9. The van der Waals surface area contributed by atoms with Gasteiger partial charge < -0.3 is 14.5 Å². The highest BCUT2D eigenvalue weighted by atomic mass is 32.2. The van der Waals surface area contributed by atoms with Gasteiger partial charge in [0.1, 0.15) is 5.75 Å². The summed E-state index contributed by atoms with van der Waals surface area (Å²) in [7, 11) is 0. The lowest BCUT2D eigenvalue weighted by molar-refractivity contribution is -0.115. The van der Waals surface area contributed by atoms with Crippen LogP contribution in [0.2, 0.25) is 0 Å². The molecule has 0 aliphatic rings. The van der Waals surface area contributed by atoms with Crippen molar-refractivity contribution >= 4 is 35.1 Å². The van der Waals surface area contributed by atoms with Gasteiger partial charge in [0, 0.05) is 9.79 Å². The van der Waals surface area contributed by atoms with Crippen molar-refractivity contribution in [3.8, 4) is 5.75 Å². The summed E-state index contributed by atoms with van der Waals surface area (Å²) in [6, 6.07) is 23.8. The Morgan fingerprint density at radius 3 is 2.62 bits per heavy atom. The minimum absolute atomic E-state index is 0.141. The van der Waals surface area contributed by atoms with E-state index >= 15 is 0 Å². The first-order valence-corrected chi connectivity index (χ1v) is 12.5. The highest BCUT2D eigenvalue weighted by Crippen LogP contribution is 2.34. The molecule has 0 saturated carbocycles. The maximum atomic E-state index is 12.9. The number of anilines is 1. The average Bonchev–Trinajstić information content (AvgIpc) is 3.28. The molecule has 0 fully saturated rings. The number of aromatic nitrogens is 2. The van der Waals surface area contributed by atoms with Crippen LogP contribution in [0.5, 0.6) is 5.75 Å². The van der Waals surface area contributed by atoms with E-state index in [0.717, 1.165) is 32.4 Å². The number of benzene rings is 3. The topological polar surface area (TPSA) is 77.2 Å². The van der Waals surface area contributed by atoms with Crippen LogP contribution in [0.15, 0.2) is 92.2 Å². The number of nitrogens with one attached hydrogen (secondary N) is 1. The number of thioether (sulfide) groups is 1. The third-order valence-corrected chi connectivity index (χ3v) is 6.92. The second kappa shape index (κ2) is 11.3. The molecule has 1 N–H and O–H groups in total. The zero-order chi connectivity index (χ0) is 23.9. The second-order valence-corrected chi connectivity index (χ2v) is 10.1. The van der Waals surface area contributed by atoms with Gasteiger partial charge in [0.15, 0.2) is 6.61 Å². The first-order chi connectivity index (χ1) is 16.5. The molecule has 1 amide bonds. The quantitative estimate of drug-likeness (QED) is 0.267. The molecule has 0 saturated heterocycles. The minimum Gasteiger partial charge on any atom is -0.484 e. The van der Waals surface area contributed by atoms with Gasteiger partial charge in [-0.3, -0.25) is 4.79 Å². The third-order valence-electron chi connectivity index (χ3n) is 4.91. The molecular weight excluding hydrogens is 466 g/mol. The third kappa shape index (κ3) is 6.42. The molecule has 0 aliphatic heterocycles. The van der Waals surface area contributed by atoms with Gasteiger partial charge in [-0.15, -0.1) is 10.2 Å². The Morgan fingerprint density at radius 2 is 1.79 bits per heavy atom. The molecule has 4 aromatic rings. The van der Waals surface area contributed by atoms with Gasteiger partial charge in [-0.05, 0) is 62.2 Å². The van der Waals surface area contributed by atoms with Crippen LogP contribution in [0, 0.1) is 13.8 Å². The Bertz CT molecular complexity index is 1260. The second-order valence-electron chi connectivity index (χ2n) is 7.68. The predicted molar refractivity (Wildman–Crippen MR) is 136 cm³/mol. The zero-order valence-corrected chi connectivity index (χ0v) is 20.8. The number of carbonyl (C=O) groups excluding carboxylic acids is 1. The normalized spacial score (nSPS) is 11.7. The molecule has 1 atom stereocenters. The standard InChI is InChI=1S/C26H25N3O3S2/c1-17-13-14-18(2)22(15-17)31-16-24-28-29-26(32-24)33-19(3)25(30)27-21-11-7-8-12-23(21)34-20-9-5-4-6-10-20/h4-15,19H,16H2,1-3H3,(H,27,30). The van der Waals surface area contributed by atoms with Crippen LogP contribution in [0.3, 0.4) is 0 Å². The SMILES string of the molecule is Cc1ccc(C)c(OCc2nnc(SC(C)C(=O)Nc3ccccc3Sc3ccccc3)o2)c1. The maximum Gasteiger partial charge on any atom is 0.277 e. The minimum atomic E-state index is -0.428. The number of hydrogen-bond donors (Lipinski definition) is 1. The van der Waals surface area contributed by atoms with Crippen LogP contribution < -0.4 is 10.1 Å². The summed E-state index contributed by atoms with van der Waals surface area (Å²) >= 11 is 2.82. The smallest absolute Gasteiger partial charge is 0.277 e. The van der Waals surface area contributed by atoms with Crippen molar-refractivity contribution in [2.75, 3.05) is 5.32 Å². The summed E-state index contributed by atoms with van der Waals surface area (Å²) < 4.78 is 11.5. The molecule has 0 aliphatic carbocycles. The first kappa shape index (κ1) is 23.9. The summed E-state index contributed by atoms with van der Waals surface area (Å²) in [5.41, 5.74) is 2.92. The van der Waals surface area contributed by atoms with Crippen LogP contribution in [-0.2, 0) is 11.4 Å². The summed E-state index contributed by atoms with van der Waals surface area (Å²) in [5.74, 6) is 1.00. The Morgan fingerprint density at radius 1 is 1.03 bits per heavy atom. The molecule has 4 rings (SSSR count). The first-order valence-electron chi connectivity index (χ1n) is 10.8. The number of hydrogen-bond acceptors (Lipinski definition) is 7. The Kier molecular flexibility index (Phi) is 7.92. The van der Waals surface area contributed by atoms with E-state index in [1.165, 1.54) is 11.8 Å². The van der Waals surface area contributed by atoms with Gasteiger partial charge in [0.25, 0.3) is 11.1 Å². The van der Waals surface area contributed by atoms with Crippen LogP contribution in [0.4, 0.5) is 5.69 Å². The van der Waals surface area contributed by atoms with Crippen LogP contribution in [0.1, 0.15) is 23.9 Å². The van der Waals surface area contributed by atoms with E-state index in [0.29, 0.717) is 11.1 Å². The van der Waals surface area contributed by atoms with E-state index in [-0.39, 0.29) is 12.5 Å². The van der Waals surface area contributed by atoms with E-state index in [1.807, 2.05) is 93.6 Å². The van der Waals surface area contributed by atoms with E-state index in [2.05, 4.69) is 15.5 Å². The largest absolute Gasteiger partial charge is 0.484 e. The van der Waals surface area contributed by atoms with Crippen LogP contribution in [0.25, 0.3) is 0 Å². The van der Waals surface area contributed by atoms with Crippen molar-refractivity contribution in [3.05, 3.63) is 89.8 Å². The number of nitrogens with zero attached hydrogens (tertiary/aromatic N) is 2. The van der Waals surface area contributed by atoms with Gasteiger partial charge in [-0.1, -0.05) is 66.0 Å². The predicted octanol–water partition coefficient (Wildman–Crippen LogP) is 6.54. The van der Waals surface area contributed by atoms with Crippen molar-refractivity contribution in [2.24, 2.45) is 0 Å². The number of para-hydroxylation sites is 1. The molecule has 0 bridgehead atoms. The van der Waals surface area contributed by atoms with Crippen molar-refractivity contribution < 1.29 is 13.9 Å². The fraction of sp³-hybridized carbons (Fsp3) is 0.192. The molecular formula is C26H25N3O3S2. The molecule has 1 aromatic heterocycles. The lowest BCUT2D eigenvalue weighted by atomic mass is 10.1. The van der Waals surface area contributed by atoms with E-state index in [4.69, 9.17) is 9.15 Å². The lowest BCUT2D eigenvalue weighted by Crippen LogP contribution is -2.22. The van der Waals surface area contributed by atoms with Crippen molar-refractivity contribution in [2.45, 2.75) is 47.6 Å². The van der Waals surface area contributed by atoms with E-state index in [1.54, 1.807) is 11.8 Å². The van der Waals surface area contributed by atoms with Gasteiger partial charge in [-0.25, -0.2) is 0 Å². The molecule has 34 heavy (non-hydrogen) atoms. The number of amides is 1. The molecule has 1 heterocycles. The Balaban J connectivity index is 1.34. The highest BCUT2D eigenvalue weighted by molar-refractivity contribution is 8.00. The summed E-state index contributed by atoms with van der Waals surface area (Å²) in [5, 5.41) is 11.0. The monoisotopic (exact) mass is 491 g/mol. The van der Waals surface area contributed by atoms with Crippen molar-refractivity contribution in [1.82, 2.24) is 10.2 Å². The fourth-order valence-electron chi connectivity index (χ4n) is 3.06. The lowest BCUT2D eigenvalue weighted by Gasteiger charge is -2.13. The van der Waals surface area contributed by atoms with Gasteiger partial charge in [0.2, 0.25) is 5.91 Å². The number of carbonyl (C=O) groups is 1. The van der Waals surface area contributed by atoms with E-state index < -0.39 is 5.25 Å². The average molecular weight is 492 g/mol. The molecule has 3 aromatic carbocycles. The zero-order valence-electron chi connectivity index (χ0n) is 19.1. The molecule has 0 radical (unpaired) electrons. The van der Waals surface area contributed by atoms with Gasteiger partial charge in [0.05, 0.1) is 10.9 Å². The maximum absolute atomic E-state index is 12.9. The van der Waals surface area contributed by atoms with Crippen LogP contribution >= 0.6 is 23.5 Å². The summed E-state index contributed by atoms with van der Waals surface area (Å²) in [4.78, 5) is 14.9. The molecule has 174 valence electrons. The molecule has 8 heteroatoms. The van der Waals surface area contributed by atoms with Crippen molar-refractivity contribution in [1.29, 1.82) is 0 Å². The Hall–Kier alpha value is -3.23. The van der Waals surface area contributed by atoms with E-state index in [9.17, 15) is 4.79 Å². The molecule has 0 spiro atoms. The summed E-state index contributed by atoms with van der Waals surface area (Å²) in [6.07, 6.45) is 0. The Labute approximate surface area is 207 Å². The van der Waals surface area contributed by atoms with Gasteiger partial charge >= 0.3 is 0 Å². The number of aryl methyl sites for hydroxylation is 2.